The average Bonchev–Trinajstić information content (AvgIpc) is 2.94. The van der Waals surface area contributed by atoms with Crippen LogP contribution < -0.4 is 0 Å². The van der Waals surface area contributed by atoms with Crippen LogP contribution in [0, 0.1) is 0 Å². The lowest BCUT2D eigenvalue weighted by Crippen LogP contribution is -2.53. The molecule has 3 rings (SSSR count). The summed E-state index contributed by atoms with van der Waals surface area (Å²) < 4.78 is 0. The molecule has 0 aromatic heterocycles. The van der Waals surface area contributed by atoms with Gasteiger partial charge in [0.2, 0.25) is 5.91 Å². The molecule has 1 aliphatic carbocycles. The number of carbonyl (C=O) groups is 2. The average molecular weight is 330 g/mol. The van der Waals surface area contributed by atoms with E-state index in [2.05, 4.69) is 0 Å². The Morgan fingerprint density at radius 2 is 1.96 bits per heavy atom. The molecule has 1 aromatic rings. The minimum absolute atomic E-state index is 0.00899. The van der Waals surface area contributed by atoms with Crippen molar-refractivity contribution in [3.8, 4) is 0 Å². The number of benzene rings is 1. The maximum atomic E-state index is 12.9. The van der Waals surface area contributed by atoms with Crippen molar-refractivity contribution in [3.63, 3.8) is 0 Å². The Hall–Kier alpha value is -1.88. The van der Waals surface area contributed by atoms with E-state index in [0.717, 1.165) is 43.2 Å². The number of aliphatic hydroxyl groups is 1. The van der Waals surface area contributed by atoms with Gasteiger partial charge >= 0.3 is 0 Å². The number of hydrogen-bond acceptors (Lipinski definition) is 3. The van der Waals surface area contributed by atoms with Crippen LogP contribution in [-0.2, 0) is 11.3 Å². The first-order valence-corrected chi connectivity index (χ1v) is 8.82. The summed E-state index contributed by atoms with van der Waals surface area (Å²) in [6, 6.07) is 7.74. The second-order valence-electron chi connectivity index (χ2n) is 7.05. The summed E-state index contributed by atoms with van der Waals surface area (Å²) in [6.07, 6.45) is 5.38. The fourth-order valence-corrected chi connectivity index (χ4v) is 4.08. The number of rotatable bonds is 5. The van der Waals surface area contributed by atoms with E-state index in [-0.39, 0.29) is 24.0 Å². The molecule has 1 saturated carbocycles. The van der Waals surface area contributed by atoms with Gasteiger partial charge in [-0.2, -0.15) is 0 Å². The molecule has 0 radical (unpaired) electrons. The number of hydrogen-bond donors (Lipinski definition) is 1. The predicted octanol–water partition coefficient (Wildman–Crippen LogP) is 2.19. The van der Waals surface area contributed by atoms with E-state index < -0.39 is 0 Å². The van der Waals surface area contributed by atoms with Gasteiger partial charge in [0.1, 0.15) is 0 Å². The second kappa shape index (κ2) is 6.93. The summed E-state index contributed by atoms with van der Waals surface area (Å²) >= 11 is 0. The van der Waals surface area contributed by atoms with Gasteiger partial charge in [-0.25, -0.2) is 0 Å². The summed E-state index contributed by atoms with van der Waals surface area (Å²) in [5.41, 5.74) is 1.46. The number of nitrogens with zero attached hydrogens (tertiary/aromatic N) is 2. The van der Waals surface area contributed by atoms with Crippen LogP contribution in [0.3, 0.4) is 0 Å². The molecule has 24 heavy (non-hydrogen) atoms. The quantitative estimate of drug-likeness (QED) is 0.900. The van der Waals surface area contributed by atoms with Crippen molar-refractivity contribution >= 4 is 11.8 Å². The van der Waals surface area contributed by atoms with E-state index in [1.807, 2.05) is 29.2 Å². The maximum Gasteiger partial charge on any atom is 0.254 e. The van der Waals surface area contributed by atoms with Gasteiger partial charge in [-0.1, -0.05) is 37.5 Å². The molecule has 1 aliphatic heterocycles. The summed E-state index contributed by atoms with van der Waals surface area (Å²) in [4.78, 5) is 29.1. The molecule has 0 bridgehead atoms. The van der Waals surface area contributed by atoms with Gasteiger partial charge < -0.3 is 14.9 Å². The lowest BCUT2D eigenvalue weighted by molar-refractivity contribution is -0.133. The molecule has 2 aliphatic rings. The van der Waals surface area contributed by atoms with Crippen molar-refractivity contribution < 1.29 is 14.7 Å². The van der Waals surface area contributed by atoms with Crippen molar-refractivity contribution in [3.05, 3.63) is 35.4 Å². The third-order valence-corrected chi connectivity index (χ3v) is 5.52. The van der Waals surface area contributed by atoms with Crippen molar-refractivity contribution in [1.29, 1.82) is 0 Å². The lowest BCUT2D eigenvalue weighted by atomic mass is 9.77. The molecule has 1 aromatic carbocycles. The minimum Gasteiger partial charge on any atom is -0.395 e. The minimum atomic E-state index is -0.380. The molecule has 1 N–H and O–H groups in total. The Kier molecular flexibility index (Phi) is 4.90. The Labute approximate surface area is 143 Å². The number of aliphatic hydroxyl groups excluding tert-OH is 1. The van der Waals surface area contributed by atoms with Gasteiger partial charge in [-0.15, -0.1) is 0 Å². The standard InChI is InChI=1S/C19H26N2O3/c1-20(11-12-22)17(23)13-19(9-5-2-6-10-19)21-14-15-7-3-4-8-16(15)18(21)24/h3-4,7-8,22H,2,5-6,9-14H2,1H3. The Morgan fingerprint density at radius 1 is 1.25 bits per heavy atom. The van der Waals surface area contributed by atoms with E-state index in [0.29, 0.717) is 19.5 Å². The lowest BCUT2D eigenvalue weighted by Gasteiger charge is -2.45. The highest BCUT2D eigenvalue weighted by Crippen LogP contribution is 2.41. The molecule has 1 fully saturated rings. The van der Waals surface area contributed by atoms with Gasteiger partial charge in [0.15, 0.2) is 0 Å². The van der Waals surface area contributed by atoms with E-state index in [9.17, 15) is 9.59 Å². The molecule has 2 amide bonds. The Balaban J connectivity index is 1.85. The van der Waals surface area contributed by atoms with Crippen molar-refractivity contribution in [2.75, 3.05) is 20.2 Å². The second-order valence-corrected chi connectivity index (χ2v) is 7.05. The maximum absolute atomic E-state index is 12.9. The summed E-state index contributed by atoms with van der Waals surface area (Å²) in [5, 5.41) is 9.07. The SMILES string of the molecule is CN(CCO)C(=O)CC1(N2Cc3ccccc3C2=O)CCCCC1. The molecule has 5 nitrogen and oxygen atoms in total. The molecule has 0 unspecified atom stereocenters. The van der Waals surface area contributed by atoms with Crippen molar-refractivity contribution in [2.24, 2.45) is 0 Å². The third kappa shape index (κ3) is 3.05. The summed E-state index contributed by atoms with van der Waals surface area (Å²) in [6.45, 7) is 0.901. The zero-order valence-electron chi connectivity index (χ0n) is 14.3. The van der Waals surface area contributed by atoms with E-state index in [4.69, 9.17) is 5.11 Å². The van der Waals surface area contributed by atoms with Crippen molar-refractivity contribution in [1.82, 2.24) is 9.80 Å². The largest absolute Gasteiger partial charge is 0.395 e. The predicted molar refractivity (Wildman–Crippen MR) is 91.5 cm³/mol. The smallest absolute Gasteiger partial charge is 0.254 e. The van der Waals surface area contributed by atoms with E-state index >= 15 is 0 Å². The van der Waals surface area contributed by atoms with Crippen LogP contribution in [0.25, 0.3) is 0 Å². The van der Waals surface area contributed by atoms with Gasteiger partial charge in [0.25, 0.3) is 5.91 Å². The fraction of sp³-hybridized carbons (Fsp3) is 0.579. The van der Waals surface area contributed by atoms with Crippen LogP contribution in [0.5, 0.6) is 0 Å². The van der Waals surface area contributed by atoms with Gasteiger partial charge in [0.05, 0.1) is 18.6 Å². The van der Waals surface area contributed by atoms with Gasteiger partial charge in [0, 0.05) is 25.7 Å². The Bertz CT molecular complexity index is 623. The van der Waals surface area contributed by atoms with Crippen molar-refractivity contribution in [2.45, 2.75) is 50.6 Å². The number of likely N-dealkylation sites (N-methyl/N-ethyl adjacent to an activating group) is 1. The van der Waals surface area contributed by atoms with Crippen LogP contribution in [0.1, 0.15) is 54.4 Å². The summed E-state index contributed by atoms with van der Waals surface area (Å²) in [5.74, 6) is 0.0693. The summed E-state index contributed by atoms with van der Waals surface area (Å²) in [7, 11) is 1.72. The number of fused-ring (bicyclic) bond motifs is 1. The van der Waals surface area contributed by atoms with Crippen LogP contribution in [0.15, 0.2) is 24.3 Å². The molecule has 130 valence electrons. The highest BCUT2D eigenvalue weighted by molar-refractivity contribution is 5.99. The van der Waals surface area contributed by atoms with Gasteiger partial charge in [-0.05, 0) is 24.5 Å². The van der Waals surface area contributed by atoms with Gasteiger partial charge in [-0.3, -0.25) is 9.59 Å². The zero-order chi connectivity index (χ0) is 17.2. The highest BCUT2D eigenvalue weighted by Gasteiger charge is 2.45. The molecule has 1 heterocycles. The Morgan fingerprint density at radius 3 is 2.62 bits per heavy atom. The normalized spacial score (nSPS) is 19.2. The third-order valence-electron chi connectivity index (χ3n) is 5.52. The molecule has 0 atom stereocenters. The molecular formula is C19H26N2O3. The van der Waals surface area contributed by atoms with E-state index in [1.54, 1.807) is 11.9 Å². The monoisotopic (exact) mass is 330 g/mol. The molecule has 0 saturated heterocycles. The zero-order valence-corrected chi connectivity index (χ0v) is 14.3. The van der Waals surface area contributed by atoms with Crippen LogP contribution in [-0.4, -0.2) is 52.5 Å². The molecular weight excluding hydrogens is 304 g/mol. The number of amides is 2. The van der Waals surface area contributed by atoms with Crippen LogP contribution in [0.2, 0.25) is 0 Å². The van der Waals surface area contributed by atoms with E-state index in [1.165, 1.54) is 0 Å². The highest BCUT2D eigenvalue weighted by atomic mass is 16.3. The first-order valence-electron chi connectivity index (χ1n) is 8.82. The van der Waals surface area contributed by atoms with Crippen LogP contribution >= 0.6 is 0 Å². The number of carbonyl (C=O) groups excluding carboxylic acids is 2. The first kappa shape index (κ1) is 17.0. The van der Waals surface area contributed by atoms with Crippen LogP contribution in [0.4, 0.5) is 0 Å². The topological polar surface area (TPSA) is 60.9 Å². The first-order chi connectivity index (χ1) is 11.6. The molecule has 5 heteroatoms. The molecule has 0 spiro atoms. The fourth-order valence-electron chi connectivity index (χ4n) is 4.08.